The Morgan fingerprint density at radius 1 is 1.20 bits per heavy atom. The van der Waals surface area contributed by atoms with Crippen molar-refractivity contribution >= 4 is 16.9 Å². The van der Waals surface area contributed by atoms with Crippen molar-refractivity contribution in [1.82, 2.24) is 15.6 Å². The van der Waals surface area contributed by atoms with Crippen LogP contribution in [-0.4, -0.2) is 17.1 Å². The van der Waals surface area contributed by atoms with Crippen molar-refractivity contribution in [2.45, 2.75) is 44.7 Å². The Bertz CT molecular complexity index is 551. The van der Waals surface area contributed by atoms with Crippen LogP contribution in [0.2, 0.25) is 0 Å². The van der Waals surface area contributed by atoms with Gasteiger partial charge in [-0.3, -0.25) is 0 Å². The third-order valence-electron chi connectivity index (χ3n) is 3.97. The fourth-order valence-electron chi connectivity index (χ4n) is 2.89. The summed E-state index contributed by atoms with van der Waals surface area (Å²) in [4.78, 5) is 15.2. The van der Waals surface area contributed by atoms with Gasteiger partial charge in [0.1, 0.15) is 0 Å². The van der Waals surface area contributed by atoms with E-state index in [4.69, 9.17) is 0 Å². The summed E-state index contributed by atoms with van der Waals surface area (Å²) >= 11 is 0. The van der Waals surface area contributed by atoms with Gasteiger partial charge in [-0.1, -0.05) is 37.5 Å². The molecule has 106 valence electrons. The van der Waals surface area contributed by atoms with Crippen LogP contribution in [0.4, 0.5) is 4.79 Å². The van der Waals surface area contributed by atoms with Crippen molar-refractivity contribution in [2.24, 2.45) is 0 Å². The molecule has 1 aliphatic carbocycles. The van der Waals surface area contributed by atoms with Crippen molar-refractivity contribution in [3.8, 4) is 0 Å². The van der Waals surface area contributed by atoms with Gasteiger partial charge in [0, 0.05) is 17.3 Å². The molecule has 0 radical (unpaired) electrons. The molecule has 4 heteroatoms. The van der Waals surface area contributed by atoms with Crippen LogP contribution in [0.1, 0.15) is 37.8 Å². The number of aromatic nitrogens is 1. The van der Waals surface area contributed by atoms with Gasteiger partial charge in [0.25, 0.3) is 0 Å². The third-order valence-corrected chi connectivity index (χ3v) is 3.97. The minimum Gasteiger partial charge on any atom is -0.357 e. The lowest BCUT2D eigenvalue weighted by Gasteiger charge is -2.22. The molecule has 1 aliphatic rings. The van der Waals surface area contributed by atoms with Crippen molar-refractivity contribution in [2.75, 3.05) is 0 Å². The first-order chi connectivity index (χ1) is 9.81. The van der Waals surface area contributed by atoms with Crippen molar-refractivity contribution in [1.29, 1.82) is 0 Å². The lowest BCUT2D eigenvalue weighted by atomic mass is 9.96. The molecule has 1 fully saturated rings. The normalized spacial score (nSPS) is 16.2. The number of hydrogen-bond donors (Lipinski definition) is 3. The second-order valence-electron chi connectivity index (χ2n) is 5.54. The lowest BCUT2D eigenvalue weighted by molar-refractivity contribution is 0.232. The molecule has 3 N–H and O–H groups in total. The molecule has 0 spiro atoms. The Hall–Kier alpha value is -1.97. The molecule has 0 atom stereocenters. The molecule has 2 amide bonds. The minimum absolute atomic E-state index is 0.0597. The number of fused-ring (bicyclic) bond motifs is 1. The molecule has 0 saturated heterocycles. The van der Waals surface area contributed by atoms with Crippen molar-refractivity contribution in [3.63, 3.8) is 0 Å². The van der Waals surface area contributed by atoms with Gasteiger partial charge in [0.15, 0.2) is 0 Å². The molecule has 0 bridgehead atoms. The monoisotopic (exact) mass is 271 g/mol. The van der Waals surface area contributed by atoms with E-state index in [1.165, 1.54) is 24.6 Å². The number of amides is 2. The van der Waals surface area contributed by atoms with Gasteiger partial charge in [0.2, 0.25) is 0 Å². The summed E-state index contributed by atoms with van der Waals surface area (Å²) in [6.45, 7) is 0.535. The Morgan fingerprint density at radius 3 is 2.80 bits per heavy atom. The Labute approximate surface area is 118 Å². The van der Waals surface area contributed by atoms with E-state index < -0.39 is 0 Å². The van der Waals surface area contributed by atoms with Crippen molar-refractivity contribution < 1.29 is 4.79 Å². The highest BCUT2D eigenvalue weighted by molar-refractivity contribution is 5.80. The van der Waals surface area contributed by atoms with Crippen LogP contribution in [0.25, 0.3) is 10.9 Å². The molecule has 1 saturated carbocycles. The number of hydrogen-bond acceptors (Lipinski definition) is 1. The molecule has 1 heterocycles. The molecule has 0 aliphatic heterocycles. The Balaban J connectivity index is 1.51. The summed E-state index contributed by atoms with van der Waals surface area (Å²) in [5.74, 6) is 0. The molecule has 20 heavy (non-hydrogen) atoms. The molecular formula is C16H21N3O. The first kappa shape index (κ1) is 13.0. The van der Waals surface area contributed by atoms with Gasteiger partial charge >= 0.3 is 6.03 Å². The number of para-hydroxylation sites is 1. The Kier molecular flexibility index (Phi) is 3.90. The molecule has 4 nitrogen and oxygen atoms in total. The highest BCUT2D eigenvalue weighted by Crippen LogP contribution is 2.17. The SMILES string of the molecule is O=C(NCc1cc2ccccc2[nH]1)NC1CCCCC1. The summed E-state index contributed by atoms with van der Waals surface area (Å²) in [6.07, 6.45) is 5.98. The van der Waals surface area contributed by atoms with Gasteiger partial charge in [0.05, 0.1) is 6.54 Å². The van der Waals surface area contributed by atoms with Crippen LogP contribution in [-0.2, 0) is 6.54 Å². The molecule has 1 aromatic carbocycles. The zero-order chi connectivity index (χ0) is 13.8. The molecular weight excluding hydrogens is 250 g/mol. The first-order valence-electron chi connectivity index (χ1n) is 7.42. The topological polar surface area (TPSA) is 56.9 Å². The zero-order valence-electron chi connectivity index (χ0n) is 11.6. The number of benzene rings is 1. The Morgan fingerprint density at radius 2 is 2.00 bits per heavy atom. The van der Waals surface area contributed by atoms with Gasteiger partial charge in [-0.25, -0.2) is 4.79 Å². The van der Waals surface area contributed by atoms with E-state index in [-0.39, 0.29) is 6.03 Å². The molecule has 2 aromatic rings. The number of rotatable bonds is 3. The standard InChI is InChI=1S/C16H21N3O/c20-16(19-13-7-2-1-3-8-13)17-11-14-10-12-6-4-5-9-15(12)18-14/h4-6,9-10,13,18H,1-3,7-8,11H2,(H2,17,19,20). The average molecular weight is 271 g/mol. The number of carbonyl (C=O) groups excluding carboxylic acids is 1. The fraction of sp³-hybridized carbons (Fsp3) is 0.438. The minimum atomic E-state index is -0.0597. The fourth-order valence-corrected chi connectivity index (χ4v) is 2.89. The van der Waals surface area contributed by atoms with E-state index in [0.717, 1.165) is 24.1 Å². The second kappa shape index (κ2) is 5.99. The first-order valence-corrected chi connectivity index (χ1v) is 7.42. The van der Waals surface area contributed by atoms with Crippen LogP contribution in [0.5, 0.6) is 0 Å². The summed E-state index contributed by atoms with van der Waals surface area (Å²) in [7, 11) is 0. The maximum Gasteiger partial charge on any atom is 0.315 e. The summed E-state index contributed by atoms with van der Waals surface area (Å²) < 4.78 is 0. The smallest absolute Gasteiger partial charge is 0.315 e. The van der Waals surface area contributed by atoms with E-state index in [1.807, 2.05) is 18.2 Å². The maximum absolute atomic E-state index is 11.9. The summed E-state index contributed by atoms with van der Waals surface area (Å²) in [6, 6.07) is 10.5. The lowest BCUT2D eigenvalue weighted by Crippen LogP contribution is -2.42. The highest BCUT2D eigenvalue weighted by atomic mass is 16.2. The highest BCUT2D eigenvalue weighted by Gasteiger charge is 2.15. The molecule has 3 rings (SSSR count). The number of urea groups is 1. The predicted octanol–water partition coefficient (Wildman–Crippen LogP) is 3.30. The van der Waals surface area contributed by atoms with Crippen molar-refractivity contribution in [3.05, 3.63) is 36.0 Å². The summed E-state index contributed by atoms with van der Waals surface area (Å²) in [5, 5.41) is 7.16. The van der Waals surface area contributed by atoms with E-state index in [9.17, 15) is 4.79 Å². The van der Waals surface area contributed by atoms with E-state index in [0.29, 0.717) is 12.6 Å². The third kappa shape index (κ3) is 3.13. The molecule has 1 aromatic heterocycles. The maximum atomic E-state index is 11.9. The quantitative estimate of drug-likeness (QED) is 0.788. The predicted molar refractivity (Wildman–Crippen MR) is 80.5 cm³/mol. The van der Waals surface area contributed by atoms with Gasteiger partial charge in [-0.05, 0) is 30.4 Å². The van der Waals surface area contributed by atoms with Crippen LogP contribution in [0, 0.1) is 0 Å². The number of carbonyl (C=O) groups is 1. The number of nitrogens with one attached hydrogen (secondary N) is 3. The zero-order valence-corrected chi connectivity index (χ0v) is 11.6. The van der Waals surface area contributed by atoms with Gasteiger partial charge in [-0.15, -0.1) is 0 Å². The number of H-pyrrole nitrogens is 1. The van der Waals surface area contributed by atoms with Gasteiger partial charge in [-0.2, -0.15) is 0 Å². The van der Waals surface area contributed by atoms with Crippen LogP contribution < -0.4 is 10.6 Å². The van der Waals surface area contributed by atoms with Gasteiger partial charge < -0.3 is 15.6 Å². The van der Waals surface area contributed by atoms with Crippen LogP contribution >= 0.6 is 0 Å². The van der Waals surface area contributed by atoms with E-state index >= 15 is 0 Å². The second-order valence-corrected chi connectivity index (χ2v) is 5.54. The molecule has 0 unspecified atom stereocenters. The summed E-state index contributed by atoms with van der Waals surface area (Å²) in [5.41, 5.74) is 2.14. The van der Waals surface area contributed by atoms with Crippen LogP contribution in [0.3, 0.4) is 0 Å². The van der Waals surface area contributed by atoms with E-state index in [2.05, 4.69) is 27.8 Å². The van der Waals surface area contributed by atoms with E-state index in [1.54, 1.807) is 0 Å². The number of aromatic amines is 1. The van der Waals surface area contributed by atoms with Crippen LogP contribution in [0.15, 0.2) is 30.3 Å². The largest absolute Gasteiger partial charge is 0.357 e. The average Bonchev–Trinajstić information content (AvgIpc) is 2.89.